The standard InChI is InChI=1S/C25H32O/c1-24-14-11-20(26)16-19(24)9-10-21-22(24)12-15-25(13-5-8-23(21)25)17-18-6-3-2-4-7-18/h2-4,6-7,16,21-23H,5,8-15,17H2,1H3/t21-,22+,23+,24+,25+/m1/s1. The van der Waals surface area contributed by atoms with Gasteiger partial charge in [0.15, 0.2) is 5.78 Å². The molecule has 1 nitrogen and oxygen atoms in total. The summed E-state index contributed by atoms with van der Waals surface area (Å²) in [5.74, 6) is 3.01. The lowest BCUT2D eigenvalue weighted by molar-refractivity contribution is -0.117. The van der Waals surface area contributed by atoms with E-state index >= 15 is 0 Å². The fourth-order valence-corrected chi connectivity index (χ4v) is 7.66. The summed E-state index contributed by atoms with van der Waals surface area (Å²) in [6, 6.07) is 11.2. The van der Waals surface area contributed by atoms with Crippen molar-refractivity contribution >= 4 is 5.78 Å². The van der Waals surface area contributed by atoms with Crippen LogP contribution < -0.4 is 0 Å². The van der Waals surface area contributed by atoms with Crippen molar-refractivity contribution in [1.82, 2.24) is 0 Å². The molecule has 0 saturated heterocycles. The van der Waals surface area contributed by atoms with E-state index in [4.69, 9.17) is 0 Å². The number of benzene rings is 1. The molecule has 4 aliphatic carbocycles. The molecule has 0 radical (unpaired) electrons. The molecule has 0 aliphatic heterocycles. The van der Waals surface area contributed by atoms with Gasteiger partial charge in [0, 0.05) is 6.42 Å². The number of ketones is 1. The maximum atomic E-state index is 12.0. The van der Waals surface area contributed by atoms with Gasteiger partial charge in [-0.2, -0.15) is 0 Å². The van der Waals surface area contributed by atoms with Crippen LogP contribution in [0.2, 0.25) is 0 Å². The maximum absolute atomic E-state index is 12.0. The summed E-state index contributed by atoms with van der Waals surface area (Å²) < 4.78 is 0. The third-order valence-electron chi connectivity index (χ3n) is 8.89. The van der Waals surface area contributed by atoms with Gasteiger partial charge in [-0.1, -0.05) is 49.2 Å². The number of rotatable bonds is 2. The molecular formula is C25H32O. The van der Waals surface area contributed by atoms with Gasteiger partial charge in [0.2, 0.25) is 0 Å². The predicted octanol–water partition coefficient (Wildman–Crippen LogP) is 6.13. The third-order valence-corrected chi connectivity index (χ3v) is 8.89. The van der Waals surface area contributed by atoms with Gasteiger partial charge in [0.25, 0.3) is 0 Å². The second-order valence-corrected chi connectivity index (χ2v) is 9.92. The van der Waals surface area contributed by atoms with Gasteiger partial charge in [-0.3, -0.25) is 4.79 Å². The molecule has 4 aliphatic rings. The first-order valence-corrected chi connectivity index (χ1v) is 10.9. The highest BCUT2D eigenvalue weighted by molar-refractivity contribution is 5.91. The second-order valence-electron chi connectivity index (χ2n) is 9.92. The molecule has 0 unspecified atom stereocenters. The number of fused-ring (bicyclic) bond motifs is 5. The van der Waals surface area contributed by atoms with Crippen molar-refractivity contribution in [2.75, 3.05) is 0 Å². The first kappa shape index (κ1) is 16.8. The van der Waals surface area contributed by atoms with Crippen molar-refractivity contribution in [1.29, 1.82) is 0 Å². The Morgan fingerprint density at radius 2 is 1.81 bits per heavy atom. The molecule has 0 heterocycles. The molecule has 5 atom stereocenters. The molecule has 1 heteroatoms. The molecule has 0 bridgehead atoms. The normalized spacial score (nSPS) is 41.8. The third kappa shape index (κ3) is 2.46. The molecular weight excluding hydrogens is 316 g/mol. The van der Waals surface area contributed by atoms with Crippen LogP contribution in [-0.4, -0.2) is 5.78 Å². The number of hydrogen-bond donors (Lipinski definition) is 0. The quantitative estimate of drug-likeness (QED) is 0.628. The molecule has 5 rings (SSSR count). The minimum Gasteiger partial charge on any atom is -0.295 e. The van der Waals surface area contributed by atoms with Crippen molar-refractivity contribution in [3.8, 4) is 0 Å². The Bertz CT molecular complexity index is 732. The average Bonchev–Trinajstić information content (AvgIpc) is 3.07. The van der Waals surface area contributed by atoms with Gasteiger partial charge in [0.1, 0.15) is 0 Å². The molecule has 3 fully saturated rings. The van der Waals surface area contributed by atoms with E-state index in [2.05, 4.69) is 37.3 Å². The van der Waals surface area contributed by atoms with E-state index in [9.17, 15) is 4.79 Å². The number of hydrogen-bond acceptors (Lipinski definition) is 1. The van der Waals surface area contributed by atoms with Crippen LogP contribution in [0, 0.1) is 28.6 Å². The SMILES string of the molecule is C[C@]12CCC(=O)C=C1CC[C@H]1[C@@H]3CCC[C@@]3(Cc3ccccc3)CC[C@@H]12. The lowest BCUT2D eigenvalue weighted by Crippen LogP contribution is -2.50. The van der Waals surface area contributed by atoms with E-state index in [1.54, 1.807) is 5.56 Å². The summed E-state index contributed by atoms with van der Waals surface area (Å²) in [7, 11) is 0. The summed E-state index contributed by atoms with van der Waals surface area (Å²) in [6.45, 7) is 2.50. The molecule has 1 aromatic carbocycles. The van der Waals surface area contributed by atoms with Crippen LogP contribution >= 0.6 is 0 Å². The average molecular weight is 349 g/mol. The molecule has 0 aromatic heterocycles. The van der Waals surface area contributed by atoms with E-state index in [1.165, 1.54) is 56.9 Å². The maximum Gasteiger partial charge on any atom is 0.155 e. The van der Waals surface area contributed by atoms with Gasteiger partial charge in [-0.25, -0.2) is 0 Å². The minimum absolute atomic E-state index is 0.318. The molecule has 0 N–H and O–H groups in total. The molecule has 26 heavy (non-hydrogen) atoms. The zero-order chi connectivity index (χ0) is 17.8. The smallest absolute Gasteiger partial charge is 0.155 e. The number of carbonyl (C=O) groups excluding carboxylic acids is 1. The monoisotopic (exact) mass is 348 g/mol. The Kier molecular flexibility index (Phi) is 3.92. The first-order valence-electron chi connectivity index (χ1n) is 10.9. The van der Waals surface area contributed by atoms with Crippen LogP contribution in [0.1, 0.15) is 70.3 Å². The summed E-state index contributed by atoms with van der Waals surface area (Å²) >= 11 is 0. The van der Waals surface area contributed by atoms with Crippen molar-refractivity contribution in [3.63, 3.8) is 0 Å². The van der Waals surface area contributed by atoms with E-state index in [0.717, 1.165) is 30.6 Å². The fourth-order valence-electron chi connectivity index (χ4n) is 7.66. The van der Waals surface area contributed by atoms with Crippen molar-refractivity contribution < 1.29 is 4.79 Å². The summed E-state index contributed by atoms with van der Waals surface area (Å²) in [6.07, 6.45) is 14.8. The van der Waals surface area contributed by atoms with Crippen LogP contribution in [0.4, 0.5) is 0 Å². The van der Waals surface area contributed by atoms with Gasteiger partial charge in [-0.05, 0) is 91.6 Å². The molecule has 0 amide bonds. The van der Waals surface area contributed by atoms with Gasteiger partial charge in [-0.15, -0.1) is 0 Å². The molecule has 1 aromatic rings. The van der Waals surface area contributed by atoms with Gasteiger partial charge < -0.3 is 0 Å². The number of allylic oxidation sites excluding steroid dienone is 1. The Labute approximate surface area is 158 Å². The summed E-state index contributed by atoms with van der Waals surface area (Å²) in [5, 5.41) is 0. The van der Waals surface area contributed by atoms with Crippen LogP contribution in [0.3, 0.4) is 0 Å². The molecule has 3 saturated carbocycles. The Hall–Kier alpha value is -1.37. The summed E-state index contributed by atoms with van der Waals surface area (Å²) in [4.78, 5) is 12.0. The van der Waals surface area contributed by atoms with Gasteiger partial charge in [0.05, 0.1) is 0 Å². The van der Waals surface area contributed by atoms with Crippen molar-refractivity contribution in [3.05, 3.63) is 47.5 Å². The lowest BCUT2D eigenvalue weighted by Gasteiger charge is -2.58. The highest BCUT2D eigenvalue weighted by Crippen LogP contribution is 2.66. The largest absolute Gasteiger partial charge is 0.295 e. The van der Waals surface area contributed by atoms with Crippen LogP contribution in [-0.2, 0) is 11.2 Å². The Balaban J connectivity index is 1.45. The lowest BCUT2D eigenvalue weighted by atomic mass is 9.46. The fraction of sp³-hybridized carbons (Fsp3) is 0.640. The van der Waals surface area contributed by atoms with Crippen LogP contribution in [0.25, 0.3) is 0 Å². The van der Waals surface area contributed by atoms with Crippen molar-refractivity contribution in [2.45, 2.75) is 71.1 Å². The Morgan fingerprint density at radius 3 is 2.65 bits per heavy atom. The zero-order valence-electron chi connectivity index (χ0n) is 16.2. The van der Waals surface area contributed by atoms with E-state index in [1.807, 2.05) is 6.08 Å². The second kappa shape index (κ2) is 6.08. The minimum atomic E-state index is 0.318. The highest BCUT2D eigenvalue weighted by Gasteiger charge is 2.57. The van der Waals surface area contributed by atoms with Gasteiger partial charge >= 0.3 is 0 Å². The van der Waals surface area contributed by atoms with E-state index in [-0.39, 0.29) is 0 Å². The molecule has 0 spiro atoms. The van der Waals surface area contributed by atoms with Crippen LogP contribution in [0.15, 0.2) is 42.0 Å². The van der Waals surface area contributed by atoms with Crippen LogP contribution in [0.5, 0.6) is 0 Å². The van der Waals surface area contributed by atoms with Crippen molar-refractivity contribution in [2.24, 2.45) is 28.6 Å². The molecule has 138 valence electrons. The number of carbonyl (C=O) groups is 1. The Morgan fingerprint density at radius 1 is 0.962 bits per heavy atom. The highest BCUT2D eigenvalue weighted by atomic mass is 16.1. The van der Waals surface area contributed by atoms with E-state index in [0.29, 0.717) is 16.6 Å². The predicted molar refractivity (Wildman–Crippen MR) is 106 cm³/mol. The first-order chi connectivity index (χ1) is 12.6. The van der Waals surface area contributed by atoms with E-state index < -0.39 is 0 Å². The zero-order valence-corrected chi connectivity index (χ0v) is 16.2. The topological polar surface area (TPSA) is 17.1 Å². The summed E-state index contributed by atoms with van der Waals surface area (Å²) in [5.41, 5.74) is 3.93.